The second-order valence-corrected chi connectivity index (χ2v) is 9.36. The maximum absolute atomic E-state index is 13.7. The number of benzene rings is 3. The lowest BCUT2D eigenvalue weighted by molar-refractivity contribution is 0.0696. The molecule has 0 spiro atoms. The molecule has 2 aromatic heterocycles. The number of rotatable bonds is 6. The lowest BCUT2D eigenvalue weighted by atomic mass is 10.0. The Morgan fingerprint density at radius 1 is 1.11 bits per heavy atom. The third-order valence-corrected chi connectivity index (χ3v) is 6.87. The molecule has 0 aliphatic heterocycles. The second-order valence-electron chi connectivity index (χ2n) is 8.92. The van der Waals surface area contributed by atoms with Gasteiger partial charge in [0.2, 0.25) is 0 Å². The number of fused-ring (bicyclic) bond motifs is 3. The van der Waals surface area contributed by atoms with Crippen LogP contribution < -0.4 is 5.32 Å². The molecule has 3 aromatic carbocycles. The zero-order valence-electron chi connectivity index (χ0n) is 18.5. The van der Waals surface area contributed by atoms with Gasteiger partial charge in [0.25, 0.3) is 5.91 Å². The van der Waals surface area contributed by atoms with Crippen LogP contribution >= 0.6 is 11.6 Å². The highest BCUT2D eigenvalue weighted by Crippen LogP contribution is 2.46. The van der Waals surface area contributed by atoms with Crippen molar-refractivity contribution in [1.29, 1.82) is 0 Å². The maximum Gasteiger partial charge on any atom is 0.335 e. The van der Waals surface area contributed by atoms with Gasteiger partial charge in [0.05, 0.1) is 28.4 Å². The minimum atomic E-state index is -0.977. The Morgan fingerprint density at radius 3 is 2.63 bits per heavy atom. The van der Waals surface area contributed by atoms with Crippen molar-refractivity contribution in [1.82, 2.24) is 15.0 Å². The monoisotopic (exact) mass is 485 g/mol. The van der Waals surface area contributed by atoms with Crippen molar-refractivity contribution in [3.05, 3.63) is 100 Å². The van der Waals surface area contributed by atoms with Crippen molar-refractivity contribution in [2.75, 3.05) is 0 Å². The molecule has 0 unspecified atom stereocenters. The quantitative estimate of drug-likeness (QED) is 0.326. The molecule has 7 nitrogen and oxygen atoms in total. The van der Waals surface area contributed by atoms with Crippen LogP contribution in [0.25, 0.3) is 21.9 Å². The number of aromatic nitrogens is 2. The lowest BCUT2D eigenvalue weighted by Gasteiger charge is -2.19. The zero-order valence-corrected chi connectivity index (χ0v) is 19.2. The Balaban J connectivity index is 1.40. The summed E-state index contributed by atoms with van der Waals surface area (Å²) in [7, 11) is 0. The first-order chi connectivity index (χ1) is 16.9. The molecule has 1 fully saturated rings. The molecule has 1 aliphatic rings. The summed E-state index contributed by atoms with van der Waals surface area (Å²) < 4.78 is 7.51. The number of aromatic carboxylic acids is 1. The lowest BCUT2D eigenvalue weighted by Crippen LogP contribution is -2.35. The molecule has 35 heavy (non-hydrogen) atoms. The Labute approximate surface area is 204 Å². The number of carboxylic acids is 1. The van der Waals surface area contributed by atoms with Crippen LogP contribution in [0, 0.1) is 0 Å². The van der Waals surface area contributed by atoms with Crippen molar-refractivity contribution in [2.45, 2.75) is 24.9 Å². The average molecular weight is 486 g/mol. The number of hydrogen-bond acceptors (Lipinski definition) is 4. The fourth-order valence-electron chi connectivity index (χ4n) is 4.70. The van der Waals surface area contributed by atoms with Gasteiger partial charge in [0.1, 0.15) is 0 Å². The van der Waals surface area contributed by atoms with E-state index >= 15 is 0 Å². The smallest absolute Gasteiger partial charge is 0.335 e. The zero-order chi connectivity index (χ0) is 24.2. The molecular weight excluding hydrogens is 466 g/mol. The molecule has 0 bridgehead atoms. The Bertz CT molecular complexity index is 1610. The number of carbonyl (C=O) groups excluding carboxylic acids is 1. The van der Waals surface area contributed by atoms with Crippen molar-refractivity contribution >= 4 is 45.3 Å². The van der Waals surface area contributed by atoms with E-state index in [1.165, 1.54) is 0 Å². The molecule has 2 heterocycles. The first kappa shape index (κ1) is 21.4. The van der Waals surface area contributed by atoms with Gasteiger partial charge in [-0.1, -0.05) is 41.0 Å². The van der Waals surface area contributed by atoms with Gasteiger partial charge in [-0.2, -0.15) is 0 Å². The summed E-state index contributed by atoms with van der Waals surface area (Å²) in [5.74, 6) is -1.18. The summed E-state index contributed by atoms with van der Waals surface area (Å²) >= 11 is 6.18. The van der Waals surface area contributed by atoms with E-state index in [2.05, 4.69) is 10.5 Å². The maximum atomic E-state index is 13.7. The van der Waals surface area contributed by atoms with Crippen molar-refractivity contribution < 1.29 is 19.2 Å². The first-order valence-electron chi connectivity index (χ1n) is 11.2. The number of carbonyl (C=O) groups is 2. The summed E-state index contributed by atoms with van der Waals surface area (Å²) in [6.45, 7) is 0.534. The predicted molar refractivity (Wildman–Crippen MR) is 132 cm³/mol. The van der Waals surface area contributed by atoms with E-state index in [9.17, 15) is 14.7 Å². The second kappa shape index (κ2) is 7.99. The van der Waals surface area contributed by atoms with E-state index < -0.39 is 11.5 Å². The predicted octanol–water partition coefficient (Wildman–Crippen LogP) is 5.60. The molecule has 174 valence electrons. The molecule has 0 radical (unpaired) electrons. The number of carboxylic acid groups (broad SMARTS) is 1. The summed E-state index contributed by atoms with van der Waals surface area (Å²) in [5, 5.41) is 18.5. The third-order valence-electron chi connectivity index (χ3n) is 6.63. The number of amides is 1. The SMILES string of the molecule is O=C(O)c1ccc(C2(NC(=O)c3cc4cnoc4c4ccn(Cc5cccc(Cl)c5)c34)CC2)cc1. The molecule has 0 saturated heterocycles. The first-order valence-corrected chi connectivity index (χ1v) is 11.6. The van der Waals surface area contributed by atoms with E-state index in [4.69, 9.17) is 16.1 Å². The largest absolute Gasteiger partial charge is 0.478 e. The number of halogens is 1. The van der Waals surface area contributed by atoms with Crippen LogP contribution in [0.5, 0.6) is 0 Å². The average Bonchev–Trinajstić information content (AvgIpc) is 3.26. The minimum Gasteiger partial charge on any atom is -0.478 e. The normalized spacial score (nSPS) is 14.3. The van der Waals surface area contributed by atoms with Gasteiger partial charge in [0, 0.05) is 28.5 Å². The highest BCUT2D eigenvalue weighted by atomic mass is 35.5. The standard InChI is InChI=1S/C27H20ClN3O4/c28-20-3-1-2-16(12-20)15-31-11-8-21-23(31)22(13-18-14-29-35-24(18)21)25(32)30-27(9-10-27)19-6-4-17(5-7-19)26(33)34/h1-8,11-14H,9-10,15H2,(H,30,32)(H,33,34). The molecule has 5 aromatic rings. The Morgan fingerprint density at radius 2 is 1.91 bits per heavy atom. The van der Waals surface area contributed by atoms with Gasteiger partial charge in [-0.3, -0.25) is 4.79 Å². The van der Waals surface area contributed by atoms with Crippen LogP contribution in [0.2, 0.25) is 5.02 Å². The van der Waals surface area contributed by atoms with Crippen molar-refractivity contribution in [2.24, 2.45) is 0 Å². The third kappa shape index (κ3) is 3.74. The highest BCUT2D eigenvalue weighted by Gasteiger charge is 2.46. The van der Waals surface area contributed by atoms with E-state index in [0.29, 0.717) is 22.7 Å². The highest BCUT2D eigenvalue weighted by molar-refractivity contribution is 6.30. The number of hydrogen-bond donors (Lipinski definition) is 2. The summed E-state index contributed by atoms with van der Waals surface area (Å²) in [6.07, 6.45) is 5.11. The van der Waals surface area contributed by atoms with Gasteiger partial charge >= 0.3 is 5.97 Å². The van der Waals surface area contributed by atoms with Crippen LogP contribution in [-0.4, -0.2) is 26.7 Å². The van der Waals surface area contributed by atoms with E-state index in [1.807, 2.05) is 47.2 Å². The molecule has 1 saturated carbocycles. The Hall–Kier alpha value is -4.10. The molecular formula is C27H20ClN3O4. The molecule has 8 heteroatoms. The molecule has 1 aliphatic carbocycles. The topological polar surface area (TPSA) is 97.4 Å². The number of nitrogens with one attached hydrogen (secondary N) is 1. The van der Waals surface area contributed by atoms with Gasteiger partial charge in [-0.25, -0.2) is 4.79 Å². The van der Waals surface area contributed by atoms with Crippen LogP contribution in [0.3, 0.4) is 0 Å². The van der Waals surface area contributed by atoms with Crippen LogP contribution in [0.1, 0.15) is 44.7 Å². The summed E-state index contributed by atoms with van der Waals surface area (Å²) in [6, 6.07) is 18.1. The minimum absolute atomic E-state index is 0.205. The number of nitrogens with zero attached hydrogens (tertiary/aromatic N) is 2. The van der Waals surface area contributed by atoms with Gasteiger partial charge in [-0.15, -0.1) is 0 Å². The molecule has 1 amide bonds. The van der Waals surface area contributed by atoms with E-state index in [0.717, 1.165) is 40.3 Å². The van der Waals surface area contributed by atoms with Crippen molar-refractivity contribution in [3.8, 4) is 0 Å². The van der Waals surface area contributed by atoms with Crippen LogP contribution in [0.15, 0.2) is 77.6 Å². The van der Waals surface area contributed by atoms with Gasteiger partial charge < -0.3 is 19.5 Å². The van der Waals surface area contributed by atoms with E-state index in [-0.39, 0.29) is 11.5 Å². The fourth-order valence-corrected chi connectivity index (χ4v) is 4.91. The molecule has 0 atom stereocenters. The Kier molecular flexibility index (Phi) is 4.89. The van der Waals surface area contributed by atoms with Crippen LogP contribution in [0.4, 0.5) is 0 Å². The van der Waals surface area contributed by atoms with Crippen molar-refractivity contribution in [3.63, 3.8) is 0 Å². The summed E-state index contributed by atoms with van der Waals surface area (Å²) in [4.78, 5) is 24.9. The van der Waals surface area contributed by atoms with Crippen LogP contribution in [-0.2, 0) is 12.1 Å². The van der Waals surface area contributed by atoms with Gasteiger partial charge in [-0.05, 0) is 60.4 Å². The summed E-state index contributed by atoms with van der Waals surface area (Å²) in [5.41, 5.74) is 3.53. The fraction of sp³-hybridized carbons (Fsp3) is 0.148. The molecule has 2 N–H and O–H groups in total. The van der Waals surface area contributed by atoms with Gasteiger partial charge in [0.15, 0.2) is 5.58 Å². The van der Waals surface area contributed by atoms with E-state index in [1.54, 1.807) is 30.5 Å². The molecule has 6 rings (SSSR count).